The molecule has 3 N–H and O–H groups in total. The van der Waals surface area contributed by atoms with E-state index in [4.69, 9.17) is 9.47 Å². The maximum Gasteiger partial charge on any atom is 0.233 e. The maximum absolute atomic E-state index is 14.8. The van der Waals surface area contributed by atoms with Crippen LogP contribution in [0.4, 0.5) is 21.6 Å². The molecular weight excluding hydrogens is 453 g/mol. The summed E-state index contributed by atoms with van der Waals surface area (Å²) in [7, 11) is 1.56. The van der Waals surface area contributed by atoms with Gasteiger partial charge in [-0.25, -0.2) is 14.4 Å². The monoisotopic (exact) mass is 481 g/mol. The fourth-order valence-corrected chi connectivity index (χ4v) is 4.01. The SMILES string of the molecule is COCCOc1cc(F)c2c(Nc3ccc(NC(=O)CC(=O)NC4CCCC4)cc3)ncnc2c1. The number of carbonyl (C=O) groups excluding carboxylic acids is 2. The third-order valence-corrected chi connectivity index (χ3v) is 5.69. The zero-order valence-corrected chi connectivity index (χ0v) is 19.5. The van der Waals surface area contributed by atoms with E-state index in [0.717, 1.165) is 25.7 Å². The molecule has 2 aromatic carbocycles. The lowest BCUT2D eigenvalue weighted by atomic mass is 10.2. The van der Waals surface area contributed by atoms with Crippen LogP contribution >= 0.6 is 0 Å². The van der Waals surface area contributed by atoms with Crippen LogP contribution in [-0.2, 0) is 14.3 Å². The Kier molecular flexibility index (Phi) is 8.04. The predicted molar refractivity (Wildman–Crippen MR) is 130 cm³/mol. The Morgan fingerprint density at radius 1 is 1.03 bits per heavy atom. The van der Waals surface area contributed by atoms with Gasteiger partial charge in [-0.15, -0.1) is 0 Å². The van der Waals surface area contributed by atoms with Crippen molar-refractivity contribution in [1.29, 1.82) is 0 Å². The van der Waals surface area contributed by atoms with Gasteiger partial charge in [-0.05, 0) is 37.1 Å². The Balaban J connectivity index is 1.37. The molecule has 1 aliphatic rings. The smallest absolute Gasteiger partial charge is 0.233 e. The van der Waals surface area contributed by atoms with Gasteiger partial charge < -0.3 is 25.4 Å². The summed E-state index contributed by atoms with van der Waals surface area (Å²) < 4.78 is 25.3. The minimum absolute atomic E-state index is 0.179. The largest absolute Gasteiger partial charge is 0.491 e. The Morgan fingerprint density at radius 3 is 2.51 bits per heavy atom. The molecule has 1 heterocycles. The summed E-state index contributed by atoms with van der Waals surface area (Å²) in [6.45, 7) is 0.687. The molecule has 35 heavy (non-hydrogen) atoms. The molecule has 3 aromatic rings. The second-order valence-electron chi connectivity index (χ2n) is 8.34. The van der Waals surface area contributed by atoms with Crippen LogP contribution in [0.5, 0.6) is 5.75 Å². The second-order valence-corrected chi connectivity index (χ2v) is 8.34. The number of hydrogen-bond donors (Lipinski definition) is 3. The van der Waals surface area contributed by atoms with Gasteiger partial charge >= 0.3 is 0 Å². The quantitative estimate of drug-likeness (QED) is 0.297. The van der Waals surface area contributed by atoms with Crippen molar-refractivity contribution in [1.82, 2.24) is 15.3 Å². The number of carbonyl (C=O) groups is 2. The van der Waals surface area contributed by atoms with E-state index in [1.165, 1.54) is 12.4 Å². The van der Waals surface area contributed by atoms with Gasteiger partial charge in [0.1, 0.15) is 36.7 Å². The van der Waals surface area contributed by atoms with Crippen molar-refractivity contribution < 1.29 is 23.5 Å². The van der Waals surface area contributed by atoms with E-state index < -0.39 is 5.82 Å². The van der Waals surface area contributed by atoms with Crippen LogP contribution in [0.3, 0.4) is 0 Å². The third kappa shape index (κ3) is 6.63. The molecule has 9 nitrogen and oxygen atoms in total. The van der Waals surface area contributed by atoms with Gasteiger partial charge in [-0.3, -0.25) is 9.59 Å². The van der Waals surface area contributed by atoms with E-state index in [9.17, 15) is 14.0 Å². The lowest BCUT2D eigenvalue weighted by Gasteiger charge is -2.13. The van der Waals surface area contributed by atoms with Gasteiger partial charge in [-0.1, -0.05) is 12.8 Å². The molecule has 2 amide bonds. The van der Waals surface area contributed by atoms with Crippen molar-refractivity contribution in [2.75, 3.05) is 31.0 Å². The van der Waals surface area contributed by atoms with Crippen molar-refractivity contribution in [3.8, 4) is 5.75 Å². The van der Waals surface area contributed by atoms with Crippen LogP contribution in [0.15, 0.2) is 42.7 Å². The van der Waals surface area contributed by atoms with E-state index in [0.29, 0.717) is 41.7 Å². The number of aromatic nitrogens is 2. The average molecular weight is 482 g/mol. The van der Waals surface area contributed by atoms with E-state index in [2.05, 4.69) is 25.9 Å². The molecule has 1 fully saturated rings. The molecule has 1 saturated carbocycles. The number of rotatable bonds is 10. The summed E-state index contributed by atoms with van der Waals surface area (Å²) in [6, 6.07) is 9.94. The summed E-state index contributed by atoms with van der Waals surface area (Å²) in [5.41, 5.74) is 1.59. The normalized spacial score (nSPS) is 13.5. The molecule has 0 unspecified atom stereocenters. The second kappa shape index (κ2) is 11.6. The molecule has 0 atom stereocenters. The Labute approximate surface area is 202 Å². The standard InChI is InChI=1S/C25H28FN5O4/c1-34-10-11-35-19-12-20(26)24-21(13-19)27-15-28-25(24)31-18-8-6-17(7-9-18)30-23(33)14-22(32)29-16-4-2-3-5-16/h6-9,12-13,15-16H,2-5,10-11,14H2,1H3,(H,29,32)(H,30,33)(H,27,28,31). The number of methoxy groups -OCH3 is 1. The number of hydrogen-bond acceptors (Lipinski definition) is 7. The topological polar surface area (TPSA) is 114 Å². The first-order valence-electron chi connectivity index (χ1n) is 11.5. The maximum atomic E-state index is 14.8. The lowest BCUT2D eigenvalue weighted by Crippen LogP contribution is -2.34. The van der Waals surface area contributed by atoms with Crippen LogP contribution < -0.4 is 20.7 Å². The number of nitrogens with zero attached hydrogens (tertiary/aromatic N) is 2. The molecule has 0 radical (unpaired) electrons. The Bertz CT molecular complexity index is 1180. The first kappa shape index (κ1) is 24.3. The Morgan fingerprint density at radius 2 is 1.77 bits per heavy atom. The molecule has 1 aromatic heterocycles. The van der Waals surface area contributed by atoms with Crippen molar-refractivity contribution in [3.05, 3.63) is 48.5 Å². The third-order valence-electron chi connectivity index (χ3n) is 5.69. The van der Waals surface area contributed by atoms with Gasteiger partial charge in [0, 0.05) is 36.7 Å². The molecule has 0 spiro atoms. The molecule has 4 rings (SSSR count). The van der Waals surface area contributed by atoms with Gasteiger partial charge in [0.05, 0.1) is 17.5 Å². The summed E-state index contributed by atoms with van der Waals surface area (Å²) in [5, 5.41) is 8.94. The highest BCUT2D eigenvalue weighted by molar-refractivity contribution is 6.03. The van der Waals surface area contributed by atoms with Crippen molar-refractivity contribution in [2.24, 2.45) is 0 Å². The highest BCUT2D eigenvalue weighted by Gasteiger charge is 2.19. The minimum Gasteiger partial charge on any atom is -0.491 e. The van der Waals surface area contributed by atoms with E-state index in [-0.39, 0.29) is 29.7 Å². The minimum atomic E-state index is -0.516. The summed E-state index contributed by atoms with van der Waals surface area (Å²) in [4.78, 5) is 32.6. The highest BCUT2D eigenvalue weighted by Crippen LogP contribution is 2.29. The van der Waals surface area contributed by atoms with Crippen LogP contribution in [0.2, 0.25) is 0 Å². The van der Waals surface area contributed by atoms with Gasteiger partial charge in [0.15, 0.2) is 0 Å². The van der Waals surface area contributed by atoms with Crippen molar-refractivity contribution >= 4 is 39.9 Å². The summed E-state index contributed by atoms with van der Waals surface area (Å²) >= 11 is 0. The van der Waals surface area contributed by atoms with Crippen LogP contribution in [0.1, 0.15) is 32.1 Å². The predicted octanol–water partition coefficient (Wildman–Crippen LogP) is 3.93. The van der Waals surface area contributed by atoms with Gasteiger partial charge in [-0.2, -0.15) is 0 Å². The lowest BCUT2D eigenvalue weighted by molar-refractivity contribution is -0.127. The molecule has 0 bridgehead atoms. The number of benzene rings is 2. The molecular formula is C25H28FN5O4. The first-order chi connectivity index (χ1) is 17.0. The van der Waals surface area contributed by atoms with Crippen molar-refractivity contribution in [2.45, 2.75) is 38.1 Å². The number of ether oxygens (including phenoxy) is 2. The van der Waals surface area contributed by atoms with Crippen LogP contribution in [0, 0.1) is 5.82 Å². The Hall–Kier alpha value is -3.79. The van der Waals surface area contributed by atoms with Gasteiger partial charge in [0.25, 0.3) is 0 Å². The number of fused-ring (bicyclic) bond motifs is 1. The van der Waals surface area contributed by atoms with Gasteiger partial charge in [0.2, 0.25) is 11.8 Å². The average Bonchev–Trinajstić information content (AvgIpc) is 3.33. The molecule has 184 valence electrons. The number of halogens is 1. The zero-order valence-electron chi connectivity index (χ0n) is 19.5. The van der Waals surface area contributed by atoms with Crippen LogP contribution in [0.25, 0.3) is 10.9 Å². The molecule has 0 aliphatic heterocycles. The van der Waals surface area contributed by atoms with Crippen LogP contribution in [-0.4, -0.2) is 48.1 Å². The molecule has 1 aliphatic carbocycles. The fraction of sp³-hybridized carbons (Fsp3) is 0.360. The first-order valence-corrected chi connectivity index (χ1v) is 11.5. The summed E-state index contributed by atoms with van der Waals surface area (Å²) in [5.74, 6) is -0.506. The zero-order chi connectivity index (χ0) is 24.6. The fourth-order valence-electron chi connectivity index (χ4n) is 4.01. The summed E-state index contributed by atoms with van der Waals surface area (Å²) in [6.07, 6.45) is 5.28. The number of amides is 2. The van der Waals surface area contributed by atoms with E-state index >= 15 is 0 Å². The van der Waals surface area contributed by atoms with E-state index in [1.54, 1.807) is 37.4 Å². The van der Waals surface area contributed by atoms with E-state index in [1.807, 2.05) is 0 Å². The number of nitrogens with one attached hydrogen (secondary N) is 3. The molecule has 10 heteroatoms. The highest BCUT2D eigenvalue weighted by atomic mass is 19.1. The number of anilines is 3. The van der Waals surface area contributed by atoms with Crippen molar-refractivity contribution in [3.63, 3.8) is 0 Å². The molecule has 0 saturated heterocycles.